The molecular formula is C11H8N4O5. The van der Waals surface area contributed by atoms with Gasteiger partial charge in [-0.3, -0.25) is 14.9 Å². The number of nitrogens with zero attached hydrogens (tertiary/aromatic N) is 3. The van der Waals surface area contributed by atoms with Crippen LogP contribution in [-0.2, 0) is 0 Å². The van der Waals surface area contributed by atoms with Crippen LogP contribution in [0.4, 0.5) is 5.88 Å². The topological polar surface area (TPSA) is 125 Å². The van der Waals surface area contributed by atoms with E-state index in [-0.39, 0.29) is 11.3 Å². The van der Waals surface area contributed by atoms with Crippen LogP contribution in [0.15, 0.2) is 46.2 Å². The maximum Gasteiger partial charge on any atom is 0.433 e. The molecule has 0 aliphatic heterocycles. The number of furan rings is 1. The summed E-state index contributed by atoms with van der Waals surface area (Å²) in [5, 5.41) is 24.8. The average Bonchev–Trinajstić information content (AvgIpc) is 2.88. The molecule has 2 rings (SSSR count). The van der Waals surface area contributed by atoms with Crippen molar-refractivity contribution in [2.24, 2.45) is 5.10 Å². The molecule has 0 bridgehead atoms. The fourth-order valence-corrected chi connectivity index (χ4v) is 1.29. The minimum absolute atomic E-state index is 0.127. The number of pyridine rings is 1. The van der Waals surface area contributed by atoms with Crippen molar-refractivity contribution in [1.82, 2.24) is 5.43 Å². The van der Waals surface area contributed by atoms with E-state index in [0.717, 1.165) is 6.21 Å². The molecule has 9 nitrogen and oxygen atoms in total. The van der Waals surface area contributed by atoms with Crippen LogP contribution in [0, 0.1) is 15.3 Å². The van der Waals surface area contributed by atoms with Crippen LogP contribution < -0.4 is 10.2 Å². The molecule has 0 spiro atoms. The van der Waals surface area contributed by atoms with Gasteiger partial charge in [-0.05, 0) is 6.07 Å². The van der Waals surface area contributed by atoms with E-state index in [9.17, 15) is 20.1 Å². The second-order valence-electron chi connectivity index (χ2n) is 3.58. The first-order valence-corrected chi connectivity index (χ1v) is 5.33. The van der Waals surface area contributed by atoms with Gasteiger partial charge in [0, 0.05) is 12.1 Å². The number of hydrazone groups is 1. The molecule has 0 atom stereocenters. The highest BCUT2D eigenvalue weighted by molar-refractivity contribution is 5.94. The lowest BCUT2D eigenvalue weighted by Gasteiger charge is -1.98. The van der Waals surface area contributed by atoms with E-state index in [0.29, 0.717) is 4.73 Å². The third-order valence-corrected chi connectivity index (χ3v) is 2.21. The SMILES string of the molecule is O=C(N/N=C/c1ccc([N+](=O)[O-])o1)c1cc[n+]([O-])cc1. The summed E-state index contributed by atoms with van der Waals surface area (Å²) in [4.78, 5) is 21.3. The number of aromatic nitrogens is 1. The van der Waals surface area contributed by atoms with E-state index in [1.54, 1.807) is 0 Å². The lowest BCUT2D eigenvalue weighted by molar-refractivity contribution is -0.605. The molecule has 2 heterocycles. The molecule has 2 aromatic rings. The Balaban J connectivity index is 1.97. The Hall–Kier alpha value is -3.23. The molecule has 0 aromatic carbocycles. The van der Waals surface area contributed by atoms with Crippen LogP contribution in [0.2, 0.25) is 0 Å². The lowest BCUT2D eigenvalue weighted by atomic mass is 10.3. The average molecular weight is 276 g/mol. The van der Waals surface area contributed by atoms with E-state index >= 15 is 0 Å². The fraction of sp³-hybridized carbons (Fsp3) is 0. The van der Waals surface area contributed by atoms with Crippen molar-refractivity contribution in [2.45, 2.75) is 0 Å². The number of nitro groups is 1. The summed E-state index contributed by atoms with van der Waals surface area (Å²) in [6, 6.07) is 5.18. The minimum atomic E-state index is -0.682. The van der Waals surface area contributed by atoms with Crippen molar-refractivity contribution < 1.29 is 18.9 Å². The Morgan fingerprint density at radius 1 is 1.35 bits per heavy atom. The molecule has 1 N–H and O–H groups in total. The van der Waals surface area contributed by atoms with Crippen molar-refractivity contribution in [1.29, 1.82) is 0 Å². The maximum absolute atomic E-state index is 11.6. The van der Waals surface area contributed by atoms with Gasteiger partial charge in [-0.15, -0.1) is 0 Å². The first-order valence-electron chi connectivity index (χ1n) is 5.33. The quantitative estimate of drug-likeness (QED) is 0.287. The molecular weight excluding hydrogens is 268 g/mol. The van der Waals surface area contributed by atoms with Crippen LogP contribution in [0.1, 0.15) is 16.1 Å². The van der Waals surface area contributed by atoms with Crippen molar-refractivity contribution in [3.8, 4) is 0 Å². The number of hydrogen-bond acceptors (Lipinski definition) is 6. The molecule has 9 heteroatoms. The van der Waals surface area contributed by atoms with Crippen LogP contribution in [-0.4, -0.2) is 17.0 Å². The molecule has 0 saturated heterocycles. The monoisotopic (exact) mass is 276 g/mol. The van der Waals surface area contributed by atoms with E-state index in [4.69, 9.17) is 4.42 Å². The second kappa shape index (κ2) is 5.61. The van der Waals surface area contributed by atoms with E-state index in [1.807, 2.05) is 0 Å². The molecule has 0 aliphatic rings. The van der Waals surface area contributed by atoms with Gasteiger partial charge in [0.2, 0.25) is 0 Å². The van der Waals surface area contributed by atoms with Crippen molar-refractivity contribution >= 4 is 18.0 Å². The van der Waals surface area contributed by atoms with Crippen LogP contribution >= 0.6 is 0 Å². The highest BCUT2D eigenvalue weighted by Crippen LogP contribution is 2.13. The van der Waals surface area contributed by atoms with Crippen LogP contribution in [0.3, 0.4) is 0 Å². The molecule has 0 saturated carbocycles. The standard InChI is InChI=1S/C11H8N4O5/c16-11(8-3-5-14(17)6-4-8)13-12-7-9-1-2-10(20-9)15(18)19/h1-7H,(H,13,16)/b12-7+. The van der Waals surface area contributed by atoms with Crippen LogP contribution in [0.25, 0.3) is 0 Å². The van der Waals surface area contributed by atoms with Crippen molar-refractivity contribution in [3.63, 3.8) is 0 Å². The van der Waals surface area contributed by atoms with Gasteiger partial charge in [0.05, 0.1) is 17.8 Å². The number of nitrogens with one attached hydrogen (secondary N) is 1. The summed E-state index contributed by atoms with van der Waals surface area (Å²) < 4.78 is 5.35. The summed E-state index contributed by atoms with van der Waals surface area (Å²) in [5.41, 5.74) is 2.44. The van der Waals surface area contributed by atoms with Crippen molar-refractivity contribution in [3.05, 3.63) is 63.3 Å². The normalized spacial score (nSPS) is 10.6. The van der Waals surface area contributed by atoms with Crippen molar-refractivity contribution in [2.75, 3.05) is 0 Å². The first-order chi connectivity index (χ1) is 9.56. The van der Waals surface area contributed by atoms with E-state index < -0.39 is 16.7 Å². The largest absolute Gasteiger partial charge is 0.619 e. The van der Waals surface area contributed by atoms with E-state index in [1.165, 1.54) is 36.7 Å². The highest BCUT2D eigenvalue weighted by atomic mass is 16.6. The van der Waals surface area contributed by atoms with Gasteiger partial charge in [-0.2, -0.15) is 9.83 Å². The van der Waals surface area contributed by atoms with E-state index in [2.05, 4.69) is 10.5 Å². The van der Waals surface area contributed by atoms with Gasteiger partial charge in [-0.25, -0.2) is 5.43 Å². The number of carbonyl (C=O) groups excluding carboxylic acids is 1. The Morgan fingerprint density at radius 2 is 2.05 bits per heavy atom. The van der Waals surface area contributed by atoms with Gasteiger partial charge in [-0.1, -0.05) is 0 Å². The lowest BCUT2D eigenvalue weighted by Crippen LogP contribution is -2.26. The fourth-order valence-electron chi connectivity index (χ4n) is 1.29. The Morgan fingerprint density at radius 3 is 2.65 bits per heavy atom. The summed E-state index contributed by atoms with van der Waals surface area (Å²) >= 11 is 0. The summed E-state index contributed by atoms with van der Waals surface area (Å²) in [5.74, 6) is -0.814. The zero-order valence-electron chi connectivity index (χ0n) is 9.92. The van der Waals surface area contributed by atoms with Crippen LogP contribution in [0.5, 0.6) is 0 Å². The highest BCUT2D eigenvalue weighted by Gasteiger charge is 2.10. The summed E-state index contributed by atoms with van der Waals surface area (Å²) in [7, 11) is 0. The molecule has 0 aliphatic carbocycles. The van der Waals surface area contributed by atoms with Gasteiger partial charge in [0.25, 0.3) is 5.91 Å². The molecule has 1 amide bonds. The molecule has 0 unspecified atom stereocenters. The van der Waals surface area contributed by atoms with Gasteiger partial charge >= 0.3 is 5.88 Å². The number of amides is 1. The third-order valence-electron chi connectivity index (χ3n) is 2.21. The predicted octanol–water partition coefficient (Wildman–Crippen LogP) is 0.585. The molecule has 20 heavy (non-hydrogen) atoms. The molecule has 2 aromatic heterocycles. The molecule has 0 fully saturated rings. The third kappa shape index (κ3) is 3.16. The summed E-state index contributed by atoms with van der Waals surface area (Å²) in [6.07, 6.45) is 3.48. The first kappa shape index (κ1) is 13.2. The Labute approximate surface area is 111 Å². The van der Waals surface area contributed by atoms with Gasteiger partial charge < -0.3 is 9.62 Å². The zero-order valence-corrected chi connectivity index (χ0v) is 9.92. The number of rotatable bonds is 4. The predicted molar refractivity (Wildman–Crippen MR) is 65.8 cm³/mol. The zero-order chi connectivity index (χ0) is 14.5. The molecule has 0 radical (unpaired) electrons. The number of carbonyl (C=O) groups is 1. The van der Waals surface area contributed by atoms with Gasteiger partial charge in [0.15, 0.2) is 18.2 Å². The summed E-state index contributed by atoms with van der Waals surface area (Å²) in [6.45, 7) is 0. The number of hydrogen-bond donors (Lipinski definition) is 1. The maximum atomic E-state index is 11.6. The second-order valence-corrected chi connectivity index (χ2v) is 3.58. The van der Waals surface area contributed by atoms with Gasteiger partial charge in [0.1, 0.15) is 4.92 Å². The molecule has 102 valence electrons. The Kier molecular flexibility index (Phi) is 3.70. The smallest absolute Gasteiger partial charge is 0.433 e. The minimum Gasteiger partial charge on any atom is -0.619 e. The Bertz CT molecular complexity index is 662.